The van der Waals surface area contributed by atoms with Crippen molar-refractivity contribution in [2.24, 2.45) is 5.73 Å². The lowest BCUT2D eigenvalue weighted by Gasteiger charge is -2.09. The SMILES string of the molecule is CCC(N)Cc1ccc(OCc2cnc(C)s2)cc1. The van der Waals surface area contributed by atoms with E-state index in [4.69, 9.17) is 10.5 Å². The van der Waals surface area contributed by atoms with Gasteiger partial charge in [-0.1, -0.05) is 19.1 Å². The van der Waals surface area contributed by atoms with E-state index in [0.29, 0.717) is 6.61 Å². The summed E-state index contributed by atoms with van der Waals surface area (Å²) in [7, 11) is 0. The first-order valence-corrected chi connectivity index (χ1v) is 7.37. The van der Waals surface area contributed by atoms with Gasteiger partial charge in [0.2, 0.25) is 0 Å². The summed E-state index contributed by atoms with van der Waals surface area (Å²) in [6.45, 7) is 4.69. The summed E-state index contributed by atoms with van der Waals surface area (Å²) in [5.41, 5.74) is 7.20. The van der Waals surface area contributed by atoms with Crippen LogP contribution in [0, 0.1) is 6.92 Å². The molecule has 0 bridgehead atoms. The Balaban J connectivity index is 1.88. The van der Waals surface area contributed by atoms with Crippen molar-refractivity contribution < 1.29 is 4.74 Å². The summed E-state index contributed by atoms with van der Waals surface area (Å²) in [6.07, 6.45) is 3.79. The molecule has 1 heterocycles. The molecule has 3 nitrogen and oxygen atoms in total. The van der Waals surface area contributed by atoms with Crippen molar-refractivity contribution in [3.05, 3.63) is 45.9 Å². The Hall–Kier alpha value is -1.39. The zero-order valence-corrected chi connectivity index (χ0v) is 12.2. The van der Waals surface area contributed by atoms with Crippen LogP contribution in [0.15, 0.2) is 30.5 Å². The molecule has 1 aromatic heterocycles. The first-order chi connectivity index (χ1) is 9.17. The van der Waals surface area contributed by atoms with Gasteiger partial charge in [0.1, 0.15) is 12.4 Å². The van der Waals surface area contributed by atoms with E-state index in [1.54, 1.807) is 11.3 Å². The second-order valence-corrected chi connectivity index (χ2v) is 5.97. The number of rotatable bonds is 6. The van der Waals surface area contributed by atoms with Gasteiger partial charge < -0.3 is 10.5 Å². The molecule has 2 N–H and O–H groups in total. The van der Waals surface area contributed by atoms with Crippen molar-refractivity contribution in [3.8, 4) is 5.75 Å². The third-order valence-corrected chi connectivity index (χ3v) is 3.88. The Morgan fingerprint density at radius 3 is 2.63 bits per heavy atom. The van der Waals surface area contributed by atoms with E-state index in [-0.39, 0.29) is 6.04 Å². The highest BCUT2D eigenvalue weighted by Crippen LogP contribution is 2.18. The minimum Gasteiger partial charge on any atom is -0.488 e. The van der Waals surface area contributed by atoms with Gasteiger partial charge in [0.05, 0.1) is 9.88 Å². The maximum atomic E-state index is 5.94. The molecule has 0 saturated heterocycles. The quantitative estimate of drug-likeness (QED) is 0.880. The Kier molecular flexibility index (Phi) is 4.93. The van der Waals surface area contributed by atoms with Crippen LogP contribution in [0.25, 0.3) is 0 Å². The molecule has 1 aromatic carbocycles. The van der Waals surface area contributed by atoms with E-state index >= 15 is 0 Å². The van der Waals surface area contributed by atoms with Crippen molar-refractivity contribution in [1.29, 1.82) is 0 Å². The number of aromatic nitrogens is 1. The van der Waals surface area contributed by atoms with Crippen molar-refractivity contribution in [1.82, 2.24) is 4.98 Å². The third kappa shape index (κ3) is 4.33. The second kappa shape index (κ2) is 6.68. The Labute approximate surface area is 118 Å². The number of aryl methyl sites for hydroxylation is 1. The molecule has 0 spiro atoms. The van der Waals surface area contributed by atoms with Crippen LogP contribution in [-0.2, 0) is 13.0 Å². The zero-order chi connectivity index (χ0) is 13.7. The van der Waals surface area contributed by atoms with E-state index in [9.17, 15) is 0 Å². The summed E-state index contributed by atoms with van der Waals surface area (Å²) in [5, 5.41) is 1.07. The Morgan fingerprint density at radius 1 is 1.32 bits per heavy atom. The van der Waals surface area contributed by atoms with Crippen LogP contribution in [0.1, 0.15) is 28.8 Å². The molecular formula is C15H20N2OS. The normalized spacial score (nSPS) is 12.4. The van der Waals surface area contributed by atoms with Crippen LogP contribution < -0.4 is 10.5 Å². The lowest BCUT2D eigenvalue weighted by Crippen LogP contribution is -2.21. The maximum Gasteiger partial charge on any atom is 0.124 e. The van der Waals surface area contributed by atoms with Crippen LogP contribution >= 0.6 is 11.3 Å². The van der Waals surface area contributed by atoms with Crippen molar-refractivity contribution in [2.45, 2.75) is 39.3 Å². The molecule has 0 fully saturated rings. The van der Waals surface area contributed by atoms with Gasteiger partial charge in [-0.05, 0) is 37.5 Å². The molecule has 0 aliphatic carbocycles. The molecular weight excluding hydrogens is 256 g/mol. The highest BCUT2D eigenvalue weighted by atomic mass is 32.1. The maximum absolute atomic E-state index is 5.94. The average Bonchev–Trinajstić information content (AvgIpc) is 2.83. The monoisotopic (exact) mass is 276 g/mol. The van der Waals surface area contributed by atoms with Gasteiger partial charge in [-0.3, -0.25) is 0 Å². The molecule has 0 radical (unpaired) electrons. The fourth-order valence-corrected chi connectivity index (χ4v) is 2.50. The second-order valence-electron chi connectivity index (χ2n) is 4.65. The van der Waals surface area contributed by atoms with Gasteiger partial charge in [0.25, 0.3) is 0 Å². The fourth-order valence-electron chi connectivity index (χ4n) is 1.80. The smallest absolute Gasteiger partial charge is 0.124 e. The topological polar surface area (TPSA) is 48.1 Å². The molecule has 1 atom stereocenters. The van der Waals surface area contributed by atoms with Crippen molar-refractivity contribution in [3.63, 3.8) is 0 Å². The van der Waals surface area contributed by atoms with E-state index in [1.165, 1.54) is 5.56 Å². The van der Waals surface area contributed by atoms with Gasteiger partial charge in [0, 0.05) is 12.2 Å². The lowest BCUT2D eigenvalue weighted by molar-refractivity contribution is 0.309. The number of thiazole rings is 1. The average molecular weight is 276 g/mol. The molecule has 19 heavy (non-hydrogen) atoms. The van der Waals surface area contributed by atoms with Crippen molar-refractivity contribution in [2.75, 3.05) is 0 Å². The lowest BCUT2D eigenvalue weighted by atomic mass is 10.0. The molecule has 0 aliphatic heterocycles. The van der Waals surface area contributed by atoms with Gasteiger partial charge in [0.15, 0.2) is 0 Å². The van der Waals surface area contributed by atoms with E-state index in [0.717, 1.165) is 28.5 Å². The highest BCUT2D eigenvalue weighted by molar-refractivity contribution is 7.11. The highest BCUT2D eigenvalue weighted by Gasteiger charge is 2.03. The number of ether oxygens (including phenoxy) is 1. The van der Waals surface area contributed by atoms with Gasteiger partial charge in [-0.2, -0.15) is 0 Å². The van der Waals surface area contributed by atoms with Crippen LogP contribution in [0.3, 0.4) is 0 Å². The van der Waals surface area contributed by atoms with Crippen LogP contribution in [0.2, 0.25) is 0 Å². The van der Waals surface area contributed by atoms with E-state index in [2.05, 4.69) is 24.0 Å². The number of nitrogens with two attached hydrogens (primary N) is 1. The van der Waals surface area contributed by atoms with Crippen LogP contribution in [0.4, 0.5) is 0 Å². The van der Waals surface area contributed by atoms with Crippen molar-refractivity contribution >= 4 is 11.3 Å². The minimum absolute atomic E-state index is 0.243. The molecule has 102 valence electrons. The van der Waals surface area contributed by atoms with Gasteiger partial charge in [-0.15, -0.1) is 11.3 Å². The predicted octanol–water partition coefficient (Wildman–Crippen LogP) is 3.31. The molecule has 4 heteroatoms. The Bertz CT molecular complexity index is 507. The number of hydrogen-bond acceptors (Lipinski definition) is 4. The number of hydrogen-bond donors (Lipinski definition) is 1. The summed E-state index contributed by atoms with van der Waals surface area (Å²) in [4.78, 5) is 5.36. The summed E-state index contributed by atoms with van der Waals surface area (Å²) in [5.74, 6) is 0.889. The summed E-state index contributed by atoms with van der Waals surface area (Å²) in [6, 6.07) is 8.43. The fraction of sp³-hybridized carbons (Fsp3) is 0.400. The zero-order valence-electron chi connectivity index (χ0n) is 11.4. The van der Waals surface area contributed by atoms with Crippen LogP contribution in [-0.4, -0.2) is 11.0 Å². The molecule has 0 amide bonds. The number of nitrogens with zero attached hydrogens (tertiary/aromatic N) is 1. The Morgan fingerprint density at radius 2 is 2.05 bits per heavy atom. The first-order valence-electron chi connectivity index (χ1n) is 6.56. The summed E-state index contributed by atoms with van der Waals surface area (Å²) >= 11 is 1.67. The number of benzene rings is 1. The third-order valence-electron chi connectivity index (χ3n) is 3.00. The van der Waals surface area contributed by atoms with E-state index < -0.39 is 0 Å². The molecule has 0 aliphatic rings. The molecule has 2 rings (SSSR count). The van der Waals surface area contributed by atoms with E-state index in [1.807, 2.05) is 25.3 Å². The van der Waals surface area contributed by atoms with Gasteiger partial charge >= 0.3 is 0 Å². The molecule has 1 unspecified atom stereocenters. The summed E-state index contributed by atoms with van der Waals surface area (Å²) < 4.78 is 5.73. The first kappa shape index (κ1) is 14.0. The molecule has 2 aromatic rings. The largest absolute Gasteiger partial charge is 0.488 e. The predicted molar refractivity (Wildman–Crippen MR) is 79.6 cm³/mol. The molecule has 0 saturated carbocycles. The van der Waals surface area contributed by atoms with Crippen LogP contribution in [0.5, 0.6) is 5.75 Å². The van der Waals surface area contributed by atoms with Gasteiger partial charge in [-0.25, -0.2) is 4.98 Å². The standard InChI is InChI=1S/C15H20N2OS/c1-3-13(16)8-12-4-6-14(7-5-12)18-10-15-9-17-11(2)19-15/h4-7,9,13H,3,8,10,16H2,1-2H3. The minimum atomic E-state index is 0.243.